The fourth-order valence-corrected chi connectivity index (χ4v) is 2.76. The lowest BCUT2D eigenvalue weighted by atomic mass is 10.1. The highest BCUT2D eigenvalue weighted by Crippen LogP contribution is 2.32. The minimum absolute atomic E-state index is 0.0110. The second-order valence-electron chi connectivity index (χ2n) is 5.71. The molecule has 0 spiro atoms. The number of carbonyl (C=O) groups excluding carboxylic acids is 2. The molecule has 0 unspecified atom stereocenters. The lowest BCUT2D eigenvalue weighted by molar-refractivity contribution is -0.255. The number of carboxylic acids is 1. The van der Waals surface area contributed by atoms with Gasteiger partial charge in [0.2, 0.25) is 0 Å². The van der Waals surface area contributed by atoms with E-state index in [0.29, 0.717) is 0 Å². The molecule has 0 aliphatic carbocycles. The number of fused-ring (bicyclic) bond motifs is 1. The van der Waals surface area contributed by atoms with E-state index in [0.717, 1.165) is 11.0 Å². The number of hydrogen-bond donors (Lipinski definition) is 1. The Morgan fingerprint density at radius 1 is 1.21 bits per heavy atom. The summed E-state index contributed by atoms with van der Waals surface area (Å²) in [6.07, 6.45) is 2.77. The second-order valence-corrected chi connectivity index (χ2v) is 5.71. The summed E-state index contributed by atoms with van der Waals surface area (Å²) in [7, 11) is 2.72. The quantitative estimate of drug-likeness (QED) is 0.472. The molecule has 0 saturated heterocycles. The largest absolute Gasteiger partial charge is 0.545 e. The molecule has 0 aliphatic rings. The van der Waals surface area contributed by atoms with Gasteiger partial charge in [0.1, 0.15) is 6.54 Å². The highest BCUT2D eigenvalue weighted by atomic mass is 16.5. The molecule has 28 heavy (non-hydrogen) atoms. The van der Waals surface area contributed by atoms with E-state index in [1.54, 1.807) is 10.9 Å². The number of carbonyl (C=O) groups is 2. The summed E-state index contributed by atoms with van der Waals surface area (Å²) < 4.78 is 11.9. The van der Waals surface area contributed by atoms with E-state index in [1.165, 1.54) is 32.6 Å². The zero-order valence-corrected chi connectivity index (χ0v) is 15.2. The number of benzene rings is 2. The zero-order chi connectivity index (χ0) is 20.1. The fraction of sp³-hybridized carbons (Fsp3) is 0.158. The highest BCUT2D eigenvalue weighted by molar-refractivity contribution is 6.01. The van der Waals surface area contributed by atoms with E-state index in [4.69, 9.17) is 9.47 Å². The average molecular weight is 381 g/mol. The van der Waals surface area contributed by atoms with Gasteiger partial charge in [0.05, 0.1) is 49.3 Å². The Hall–Kier alpha value is -3.88. The van der Waals surface area contributed by atoms with Crippen LogP contribution in [0.4, 0.5) is 0 Å². The van der Waals surface area contributed by atoms with Crippen molar-refractivity contribution in [3.05, 3.63) is 53.9 Å². The first-order chi connectivity index (χ1) is 13.5. The molecular weight excluding hydrogens is 364 g/mol. The Morgan fingerprint density at radius 2 is 2.00 bits per heavy atom. The van der Waals surface area contributed by atoms with Gasteiger partial charge < -0.3 is 23.9 Å². The van der Waals surface area contributed by atoms with Crippen LogP contribution in [0.2, 0.25) is 0 Å². The first kappa shape index (κ1) is 18.9. The number of aromatic nitrogens is 2. The van der Waals surface area contributed by atoms with Crippen LogP contribution in [-0.4, -0.2) is 41.9 Å². The molecule has 1 N–H and O–H groups in total. The average Bonchev–Trinajstić information content (AvgIpc) is 3.10. The number of methoxy groups -OCH3 is 2. The third-order valence-electron chi connectivity index (χ3n) is 4.02. The number of imidazole rings is 1. The van der Waals surface area contributed by atoms with Crippen LogP contribution in [0.15, 0.2) is 47.8 Å². The summed E-state index contributed by atoms with van der Waals surface area (Å²) in [5.41, 5.74) is 3.94. The SMILES string of the molecule is COc1ccc(/C=N\NC(=O)Cn2cnc3ccccc32)c(C(=O)[O-])c1OC. The Morgan fingerprint density at radius 3 is 2.71 bits per heavy atom. The Labute approximate surface area is 160 Å². The van der Waals surface area contributed by atoms with Gasteiger partial charge in [-0.05, 0) is 24.3 Å². The van der Waals surface area contributed by atoms with E-state index >= 15 is 0 Å². The number of ether oxygens (including phenoxy) is 2. The van der Waals surface area contributed by atoms with Crippen molar-refractivity contribution in [1.29, 1.82) is 0 Å². The van der Waals surface area contributed by atoms with Gasteiger partial charge in [0.25, 0.3) is 5.91 Å². The maximum atomic E-state index is 12.1. The van der Waals surface area contributed by atoms with Crippen LogP contribution in [0, 0.1) is 0 Å². The highest BCUT2D eigenvalue weighted by Gasteiger charge is 2.15. The third kappa shape index (κ3) is 3.78. The van der Waals surface area contributed by atoms with Crippen molar-refractivity contribution in [2.45, 2.75) is 6.54 Å². The number of hydrazone groups is 1. The fourth-order valence-electron chi connectivity index (χ4n) is 2.76. The summed E-state index contributed by atoms with van der Waals surface area (Å²) in [5.74, 6) is -1.58. The van der Waals surface area contributed by atoms with E-state index in [-0.39, 0.29) is 29.2 Å². The first-order valence-corrected chi connectivity index (χ1v) is 8.23. The molecule has 3 rings (SSSR count). The maximum Gasteiger partial charge on any atom is 0.260 e. The minimum atomic E-state index is -1.45. The Kier molecular flexibility index (Phi) is 5.54. The van der Waals surface area contributed by atoms with Crippen molar-refractivity contribution in [3.63, 3.8) is 0 Å². The smallest absolute Gasteiger partial charge is 0.260 e. The third-order valence-corrected chi connectivity index (χ3v) is 4.02. The van der Waals surface area contributed by atoms with Crippen LogP contribution < -0.4 is 20.0 Å². The summed E-state index contributed by atoms with van der Waals surface area (Å²) in [5, 5.41) is 15.3. The van der Waals surface area contributed by atoms with Crippen molar-refractivity contribution in [3.8, 4) is 11.5 Å². The van der Waals surface area contributed by atoms with Gasteiger partial charge in [-0.15, -0.1) is 0 Å². The van der Waals surface area contributed by atoms with E-state index in [1.807, 2.05) is 24.3 Å². The molecule has 0 radical (unpaired) electrons. The van der Waals surface area contributed by atoms with Crippen molar-refractivity contribution in [2.24, 2.45) is 5.10 Å². The number of aromatic carboxylic acids is 1. The number of hydrogen-bond acceptors (Lipinski definition) is 7. The van der Waals surface area contributed by atoms with Gasteiger partial charge in [-0.25, -0.2) is 10.4 Å². The molecule has 0 aliphatic heterocycles. The first-order valence-electron chi connectivity index (χ1n) is 8.23. The molecule has 9 heteroatoms. The molecule has 144 valence electrons. The van der Waals surface area contributed by atoms with Crippen molar-refractivity contribution >= 4 is 29.1 Å². The number of nitrogens with zero attached hydrogens (tertiary/aromatic N) is 3. The molecule has 1 amide bonds. The Bertz CT molecular complexity index is 1060. The predicted molar refractivity (Wildman–Crippen MR) is 99.3 cm³/mol. The number of nitrogens with one attached hydrogen (secondary N) is 1. The van der Waals surface area contributed by atoms with Gasteiger partial charge in [-0.3, -0.25) is 4.79 Å². The van der Waals surface area contributed by atoms with Gasteiger partial charge in [0, 0.05) is 5.56 Å². The van der Waals surface area contributed by atoms with E-state index < -0.39 is 11.9 Å². The van der Waals surface area contributed by atoms with Gasteiger partial charge in [0.15, 0.2) is 11.5 Å². The Balaban J connectivity index is 1.75. The van der Waals surface area contributed by atoms with Crippen LogP contribution in [0.3, 0.4) is 0 Å². The van der Waals surface area contributed by atoms with E-state index in [9.17, 15) is 14.7 Å². The van der Waals surface area contributed by atoms with E-state index in [2.05, 4.69) is 15.5 Å². The zero-order valence-electron chi connectivity index (χ0n) is 15.2. The summed E-state index contributed by atoms with van der Waals surface area (Å²) in [4.78, 5) is 27.8. The number of carboxylic acid groups (broad SMARTS) is 1. The molecular formula is C19H17N4O5-. The summed E-state index contributed by atoms with van der Waals surface area (Å²) >= 11 is 0. The van der Waals surface area contributed by atoms with Crippen LogP contribution in [0.1, 0.15) is 15.9 Å². The lowest BCUT2D eigenvalue weighted by Crippen LogP contribution is -2.25. The topological polar surface area (TPSA) is 118 Å². The standard InChI is InChI=1S/C19H18N4O5/c1-27-15-8-7-12(17(19(25)26)18(15)28-2)9-21-22-16(24)10-23-11-20-13-5-3-4-6-14(13)23/h3-9,11H,10H2,1-2H3,(H,22,24)(H,25,26)/p-1/b21-9-. The van der Waals surface area contributed by atoms with Crippen molar-refractivity contribution < 1.29 is 24.2 Å². The van der Waals surface area contributed by atoms with Crippen molar-refractivity contribution in [1.82, 2.24) is 15.0 Å². The lowest BCUT2D eigenvalue weighted by Gasteiger charge is -2.15. The van der Waals surface area contributed by atoms with Crippen LogP contribution >= 0.6 is 0 Å². The monoisotopic (exact) mass is 381 g/mol. The summed E-state index contributed by atoms with van der Waals surface area (Å²) in [6, 6.07) is 10.4. The van der Waals surface area contributed by atoms with Crippen LogP contribution in [0.5, 0.6) is 11.5 Å². The molecule has 3 aromatic rings. The molecule has 1 aromatic heterocycles. The molecule has 0 saturated carbocycles. The van der Waals surface area contributed by atoms with Crippen molar-refractivity contribution in [2.75, 3.05) is 14.2 Å². The minimum Gasteiger partial charge on any atom is -0.545 e. The molecule has 0 atom stereocenters. The normalized spacial score (nSPS) is 10.9. The van der Waals surface area contributed by atoms with Crippen LogP contribution in [0.25, 0.3) is 11.0 Å². The summed E-state index contributed by atoms with van der Waals surface area (Å²) in [6.45, 7) is 0.0110. The maximum absolute atomic E-state index is 12.1. The molecule has 1 heterocycles. The molecule has 0 bridgehead atoms. The molecule has 0 fully saturated rings. The number of para-hydroxylation sites is 2. The number of amides is 1. The predicted octanol–water partition coefficient (Wildman–Crippen LogP) is 0.567. The second kappa shape index (κ2) is 8.21. The van der Waals surface area contributed by atoms with Crippen LogP contribution in [-0.2, 0) is 11.3 Å². The van der Waals surface area contributed by atoms with Gasteiger partial charge >= 0.3 is 0 Å². The van der Waals surface area contributed by atoms with Gasteiger partial charge in [-0.2, -0.15) is 5.10 Å². The molecule has 9 nitrogen and oxygen atoms in total. The molecule has 2 aromatic carbocycles. The van der Waals surface area contributed by atoms with Gasteiger partial charge in [-0.1, -0.05) is 12.1 Å². The number of rotatable bonds is 7.